The number of ketones is 1. The van der Waals surface area contributed by atoms with Gasteiger partial charge in [0.15, 0.2) is 6.61 Å². The average molecular weight is 400 g/mol. The third kappa shape index (κ3) is 6.29. The number of carbonyl (C=O) groups is 3. The van der Waals surface area contributed by atoms with Crippen LogP contribution in [0.1, 0.15) is 44.1 Å². The second-order valence-corrected chi connectivity index (χ2v) is 6.92. The molecule has 7 nitrogen and oxygen atoms in total. The number of amides is 1. The zero-order valence-electron chi connectivity index (χ0n) is 17.4. The summed E-state index contributed by atoms with van der Waals surface area (Å²) in [6.07, 6.45) is 0.843. The second-order valence-electron chi connectivity index (χ2n) is 6.92. The molecule has 2 rings (SSSR count). The zero-order chi connectivity index (χ0) is 21.4. The Morgan fingerprint density at radius 2 is 1.86 bits per heavy atom. The van der Waals surface area contributed by atoms with Crippen molar-refractivity contribution in [1.29, 1.82) is 0 Å². The normalized spacial score (nSPS) is 10.6. The first-order valence-electron chi connectivity index (χ1n) is 9.52. The first-order valence-corrected chi connectivity index (χ1v) is 9.52. The van der Waals surface area contributed by atoms with Crippen LogP contribution < -0.4 is 5.32 Å². The van der Waals surface area contributed by atoms with E-state index in [9.17, 15) is 14.4 Å². The molecule has 0 bridgehead atoms. The lowest BCUT2D eigenvalue weighted by atomic mass is 10.1. The van der Waals surface area contributed by atoms with Crippen LogP contribution in [0.25, 0.3) is 0 Å². The molecule has 0 aliphatic heterocycles. The molecule has 0 saturated carbocycles. The number of aryl methyl sites for hydroxylation is 2. The van der Waals surface area contributed by atoms with Crippen molar-refractivity contribution in [2.24, 2.45) is 0 Å². The zero-order valence-corrected chi connectivity index (χ0v) is 17.4. The predicted molar refractivity (Wildman–Crippen MR) is 109 cm³/mol. The minimum Gasteiger partial charge on any atom is -0.456 e. The lowest BCUT2D eigenvalue weighted by molar-refractivity contribution is -0.141. The van der Waals surface area contributed by atoms with Gasteiger partial charge in [-0.15, -0.1) is 0 Å². The van der Waals surface area contributed by atoms with E-state index in [0.717, 1.165) is 29.9 Å². The van der Waals surface area contributed by atoms with E-state index in [4.69, 9.17) is 9.47 Å². The van der Waals surface area contributed by atoms with Crippen LogP contribution >= 0.6 is 0 Å². The smallest absolute Gasteiger partial charge is 0.325 e. The Balaban J connectivity index is 1.85. The van der Waals surface area contributed by atoms with Crippen LogP contribution in [0.5, 0.6) is 0 Å². The molecule has 7 heteroatoms. The van der Waals surface area contributed by atoms with E-state index in [1.807, 2.05) is 26.8 Å². The Morgan fingerprint density at radius 3 is 2.55 bits per heavy atom. The summed E-state index contributed by atoms with van der Waals surface area (Å²) in [5.74, 6) is -1.29. The molecule has 1 heterocycles. The molecule has 156 valence electrons. The number of hydrogen-bond acceptors (Lipinski definition) is 5. The maximum atomic E-state index is 12.5. The molecule has 2 aromatic rings. The number of aromatic nitrogens is 1. The van der Waals surface area contributed by atoms with Crippen molar-refractivity contribution >= 4 is 17.7 Å². The van der Waals surface area contributed by atoms with E-state index in [2.05, 4.69) is 9.88 Å². The van der Waals surface area contributed by atoms with Gasteiger partial charge in [0.05, 0.1) is 0 Å². The van der Waals surface area contributed by atoms with E-state index in [1.54, 1.807) is 31.4 Å². The first kappa shape index (κ1) is 22.4. The molecule has 0 saturated heterocycles. The van der Waals surface area contributed by atoms with E-state index >= 15 is 0 Å². The third-order valence-corrected chi connectivity index (χ3v) is 4.64. The summed E-state index contributed by atoms with van der Waals surface area (Å²) in [5, 5.41) is 2.50. The Kier molecular flexibility index (Phi) is 8.15. The maximum absolute atomic E-state index is 12.5. The van der Waals surface area contributed by atoms with Gasteiger partial charge in [-0.25, -0.2) is 0 Å². The number of hydrogen-bond donors (Lipinski definition) is 1. The Hall–Kier alpha value is -2.93. The number of nitrogens with one attached hydrogen (secondary N) is 1. The summed E-state index contributed by atoms with van der Waals surface area (Å²) in [4.78, 5) is 36.4. The summed E-state index contributed by atoms with van der Waals surface area (Å²) < 4.78 is 12.2. The van der Waals surface area contributed by atoms with Crippen LogP contribution in [0, 0.1) is 20.8 Å². The van der Waals surface area contributed by atoms with Gasteiger partial charge in [-0.2, -0.15) is 0 Å². The summed E-state index contributed by atoms with van der Waals surface area (Å²) in [5.41, 5.74) is 3.77. The molecule has 0 radical (unpaired) electrons. The molecule has 0 atom stereocenters. The van der Waals surface area contributed by atoms with Crippen LogP contribution in [0.3, 0.4) is 0 Å². The number of methoxy groups -OCH3 is 1. The highest BCUT2D eigenvalue weighted by molar-refractivity contribution is 6.00. The van der Waals surface area contributed by atoms with Gasteiger partial charge >= 0.3 is 5.97 Å². The molecule has 0 unspecified atom stereocenters. The van der Waals surface area contributed by atoms with Crippen molar-refractivity contribution in [3.05, 3.63) is 58.4 Å². The molecule has 0 aliphatic rings. The lowest BCUT2D eigenvalue weighted by Gasteiger charge is -2.09. The number of benzene rings is 1. The molecule has 0 aliphatic carbocycles. The predicted octanol–water partition coefficient (Wildman–Crippen LogP) is 2.61. The minimum atomic E-state index is -0.659. The van der Waals surface area contributed by atoms with E-state index in [0.29, 0.717) is 17.7 Å². The number of ether oxygens (including phenoxy) is 2. The number of esters is 1. The number of Topliss-reactive ketones (excluding diaryl/α,β-unsaturated/α-hetero) is 1. The molecular formula is C22H28N2O5. The molecule has 1 N–H and O–H groups in total. The summed E-state index contributed by atoms with van der Waals surface area (Å²) >= 11 is 0. The van der Waals surface area contributed by atoms with Gasteiger partial charge in [0.25, 0.3) is 5.91 Å². The van der Waals surface area contributed by atoms with Crippen LogP contribution in [0.15, 0.2) is 30.3 Å². The van der Waals surface area contributed by atoms with E-state index in [1.165, 1.54) is 0 Å². The SMILES string of the molecule is COCCCn1c(C)cc(C(=O)COC(=O)CNC(=O)c2cccc(C)c2)c1C. The Labute approximate surface area is 171 Å². The van der Waals surface area contributed by atoms with Crippen LogP contribution in [0.2, 0.25) is 0 Å². The van der Waals surface area contributed by atoms with Gasteiger partial charge in [-0.05, 0) is 45.4 Å². The van der Waals surface area contributed by atoms with Gasteiger partial charge in [0.1, 0.15) is 6.54 Å². The molecule has 1 amide bonds. The fraction of sp³-hybridized carbons (Fsp3) is 0.409. The van der Waals surface area contributed by atoms with Crippen molar-refractivity contribution in [3.63, 3.8) is 0 Å². The van der Waals surface area contributed by atoms with E-state index < -0.39 is 5.97 Å². The molecule has 1 aromatic carbocycles. The molecule has 0 spiro atoms. The molecular weight excluding hydrogens is 372 g/mol. The van der Waals surface area contributed by atoms with Gasteiger partial charge in [-0.3, -0.25) is 14.4 Å². The topological polar surface area (TPSA) is 86.6 Å². The monoisotopic (exact) mass is 400 g/mol. The maximum Gasteiger partial charge on any atom is 0.325 e. The number of nitrogens with zero attached hydrogens (tertiary/aromatic N) is 1. The fourth-order valence-electron chi connectivity index (χ4n) is 3.11. The second kappa shape index (κ2) is 10.6. The highest BCUT2D eigenvalue weighted by Gasteiger charge is 2.17. The van der Waals surface area contributed by atoms with Gasteiger partial charge in [0, 0.05) is 42.8 Å². The average Bonchev–Trinajstić information content (AvgIpc) is 2.98. The summed E-state index contributed by atoms with van der Waals surface area (Å²) in [7, 11) is 1.65. The first-order chi connectivity index (χ1) is 13.8. The van der Waals surface area contributed by atoms with Crippen molar-refractivity contribution in [2.45, 2.75) is 33.7 Å². The van der Waals surface area contributed by atoms with Crippen molar-refractivity contribution in [1.82, 2.24) is 9.88 Å². The fourth-order valence-corrected chi connectivity index (χ4v) is 3.11. The largest absolute Gasteiger partial charge is 0.456 e. The highest BCUT2D eigenvalue weighted by Crippen LogP contribution is 2.16. The lowest BCUT2D eigenvalue weighted by Crippen LogP contribution is -2.31. The standard InChI is InChI=1S/C22H28N2O5/c1-15-7-5-8-18(11-15)22(27)23-13-21(26)29-14-20(25)19-12-16(2)24(17(19)3)9-6-10-28-4/h5,7-8,11-12H,6,9-10,13-14H2,1-4H3,(H,23,27). The van der Waals surface area contributed by atoms with Gasteiger partial charge < -0.3 is 19.4 Å². The molecule has 29 heavy (non-hydrogen) atoms. The number of rotatable bonds is 10. The summed E-state index contributed by atoms with van der Waals surface area (Å²) in [6.45, 7) is 6.43. The molecule has 0 fully saturated rings. The number of carbonyl (C=O) groups excluding carboxylic acids is 3. The van der Waals surface area contributed by atoms with Crippen LogP contribution in [-0.2, 0) is 20.8 Å². The van der Waals surface area contributed by atoms with Crippen molar-refractivity contribution in [3.8, 4) is 0 Å². The van der Waals surface area contributed by atoms with Crippen LogP contribution in [-0.4, -0.2) is 49.1 Å². The van der Waals surface area contributed by atoms with Gasteiger partial charge in [0.2, 0.25) is 5.78 Å². The van der Waals surface area contributed by atoms with Crippen molar-refractivity contribution < 1.29 is 23.9 Å². The third-order valence-electron chi connectivity index (χ3n) is 4.64. The van der Waals surface area contributed by atoms with E-state index in [-0.39, 0.29) is 24.8 Å². The minimum absolute atomic E-state index is 0.269. The van der Waals surface area contributed by atoms with Crippen LogP contribution in [0.4, 0.5) is 0 Å². The Bertz CT molecular complexity index is 885. The Morgan fingerprint density at radius 1 is 1.10 bits per heavy atom. The highest BCUT2D eigenvalue weighted by atomic mass is 16.5. The van der Waals surface area contributed by atoms with Crippen molar-refractivity contribution in [2.75, 3.05) is 26.9 Å². The quantitative estimate of drug-likeness (QED) is 0.376. The molecule has 1 aromatic heterocycles. The summed E-state index contributed by atoms with van der Waals surface area (Å²) in [6, 6.07) is 8.85. The van der Waals surface area contributed by atoms with Gasteiger partial charge in [-0.1, -0.05) is 17.7 Å².